The number of aromatic nitrogens is 4. The van der Waals surface area contributed by atoms with E-state index in [4.69, 9.17) is 27.9 Å². The van der Waals surface area contributed by atoms with Gasteiger partial charge in [0.2, 0.25) is 0 Å². The van der Waals surface area contributed by atoms with Crippen molar-refractivity contribution in [1.82, 2.24) is 20.0 Å². The second-order valence-electron chi connectivity index (χ2n) is 9.17. The van der Waals surface area contributed by atoms with Crippen LogP contribution in [0.15, 0.2) is 84.2 Å². The molecule has 0 radical (unpaired) electrons. The molecule has 0 bridgehead atoms. The van der Waals surface area contributed by atoms with Gasteiger partial charge in [-0.05, 0) is 72.3 Å². The molecular weight excluding hydrogens is 565 g/mol. The molecule has 204 valence electrons. The van der Waals surface area contributed by atoms with Crippen LogP contribution in [0.4, 0.5) is 11.4 Å². The molecule has 3 heterocycles. The lowest BCUT2D eigenvalue weighted by atomic mass is 10.1. The van der Waals surface area contributed by atoms with Gasteiger partial charge in [-0.3, -0.25) is 24.7 Å². The standard InChI is InChI=1S/C29H21Cl2N7O3/c30-19-4-8-27-24(13-19)28(39)29(40)38(27)12-11-37-16-21(34-36-37)17-41-22-5-1-18(2-6-22)15-33-35-25-9-10-32-26-14-20(31)3-7-23(25)26/h1-10,13-16H,11-12,17H2,(H,32,35)/b33-15+. The number of nitrogens with zero attached hydrogens (tertiary/aromatic N) is 6. The summed E-state index contributed by atoms with van der Waals surface area (Å²) < 4.78 is 7.45. The van der Waals surface area contributed by atoms with Gasteiger partial charge in [0.1, 0.15) is 18.1 Å². The fraction of sp³-hybridized carbons (Fsp3) is 0.103. The summed E-state index contributed by atoms with van der Waals surface area (Å²) >= 11 is 12.0. The number of hydrazone groups is 1. The number of ketones is 1. The molecule has 10 nitrogen and oxygen atoms in total. The number of ether oxygens (including phenoxy) is 1. The van der Waals surface area contributed by atoms with Gasteiger partial charge in [-0.2, -0.15) is 5.10 Å². The van der Waals surface area contributed by atoms with E-state index in [0.717, 1.165) is 22.2 Å². The minimum atomic E-state index is -0.577. The van der Waals surface area contributed by atoms with E-state index in [9.17, 15) is 9.59 Å². The Labute approximate surface area is 244 Å². The number of hydrogen-bond acceptors (Lipinski definition) is 8. The number of Topliss-reactive ketones (excluding diaryl/α,β-unsaturated/α-hetero) is 1. The van der Waals surface area contributed by atoms with E-state index < -0.39 is 11.7 Å². The first-order valence-electron chi connectivity index (χ1n) is 12.6. The molecule has 1 amide bonds. The van der Waals surface area contributed by atoms with Crippen molar-refractivity contribution in [1.29, 1.82) is 0 Å². The van der Waals surface area contributed by atoms with Crippen molar-refractivity contribution in [3.8, 4) is 5.75 Å². The maximum absolute atomic E-state index is 12.4. The minimum absolute atomic E-state index is 0.219. The number of fused-ring (bicyclic) bond motifs is 2. The largest absolute Gasteiger partial charge is 0.487 e. The van der Waals surface area contributed by atoms with Gasteiger partial charge in [-0.15, -0.1) is 5.10 Å². The first kappa shape index (κ1) is 26.4. The average molecular weight is 586 g/mol. The van der Waals surface area contributed by atoms with Crippen molar-refractivity contribution < 1.29 is 14.3 Å². The third kappa shape index (κ3) is 5.74. The third-order valence-electron chi connectivity index (χ3n) is 6.44. The lowest BCUT2D eigenvalue weighted by molar-refractivity contribution is -0.114. The number of nitrogens with one attached hydrogen (secondary N) is 1. The number of carbonyl (C=O) groups excluding carboxylic acids is 2. The van der Waals surface area contributed by atoms with E-state index in [1.54, 1.807) is 41.5 Å². The number of carbonyl (C=O) groups is 2. The lowest BCUT2D eigenvalue weighted by Crippen LogP contribution is -2.32. The molecule has 5 aromatic rings. The maximum Gasteiger partial charge on any atom is 0.299 e. The van der Waals surface area contributed by atoms with Crippen LogP contribution in [0.25, 0.3) is 10.9 Å². The molecule has 0 saturated heterocycles. The molecule has 6 rings (SSSR count). The first-order chi connectivity index (χ1) is 19.9. The van der Waals surface area contributed by atoms with Crippen molar-refractivity contribution in [3.63, 3.8) is 0 Å². The molecule has 0 aliphatic carbocycles. The van der Waals surface area contributed by atoms with Gasteiger partial charge >= 0.3 is 0 Å². The summed E-state index contributed by atoms with van der Waals surface area (Å²) in [6.45, 7) is 0.849. The number of hydrogen-bond donors (Lipinski definition) is 1. The molecule has 2 aromatic heterocycles. The SMILES string of the molecule is O=C1C(=O)N(CCn2cc(COc3ccc(/C=N/Nc4ccnc5cc(Cl)ccc45)cc3)nn2)c2ccc(Cl)cc21. The summed E-state index contributed by atoms with van der Waals surface area (Å²) in [7, 11) is 0. The second-order valence-corrected chi connectivity index (χ2v) is 10.0. The number of amides is 1. The van der Waals surface area contributed by atoms with Crippen LogP contribution in [0, 0.1) is 0 Å². The number of benzene rings is 3. The highest BCUT2D eigenvalue weighted by molar-refractivity contribution is 6.52. The smallest absolute Gasteiger partial charge is 0.299 e. The summed E-state index contributed by atoms with van der Waals surface area (Å²) in [6.07, 6.45) is 5.16. The zero-order valence-electron chi connectivity index (χ0n) is 21.4. The van der Waals surface area contributed by atoms with Crippen molar-refractivity contribution in [2.24, 2.45) is 5.10 Å². The number of anilines is 2. The van der Waals surface area contributed by atoms with Crippen LogP contribution < -0.4 is 15.1 Å². The van der Waals surface area contributed by atoms with E-state index in [2.05, 4.69) is 25.8 Å². The zero-order chi connectivity index (χ0) is 28.3. The predicted octanol–water partition coefficient (Wildman–Crippen LogP) is 5.39. The Balaban J connectivity index is 1.01. The summed E-state index contributed by atoms with van der Waals surface area (Å²) in [6, 6.07) is 19.7. The summed E-state index contributed by atoms with van der Waals surface area (Å²) in [5, 5.41) is 14.5. The third-order valence-corrected chi connectivity index (χ3v) is 6.91. The molecule has 41 heavy (non-hydrogen) atoms. The van der Waals surface area contributed by atoms with Crippen molar-refractivity contribution in [3.05, 3.63) is 106 Å². The monoisotopic (exact) mass is 585 g/mol. The highest BCUT2D eigenvalue weighted by Gasteiger charge is 2.35. The molecule has 1 aliphatic heterocycles. The molecule has 0 unspecified atom stereocenters. The number of pyridine rings is 1. The van der Waals surface area contributed by atoms with Crippen LogP contribution in [-0.4, -0.2) is 44.4 Å². The van der Waals surface area contributed by atoms with Crippen LogP contribution in [0.2, 0.25) is 10.0 Å². The Bertz CT molecular complexity index is 1800. The van der Waals surface area contributed by atoms with E-state index >= 15 is 0 Å². The van der Waals surface area contributed by atoms with Crippen molar-refractivity contribution >= 4 is 63.4 Å². The van der Waals surface area contributed by atoms with E-state index in [-0.39, 0.29) is 13.2 Å². The van der Waals surface area contributed by atoms with Gasteiger partial charge in [0.25, 0.3) is 11.7 Å². The lowest BCUT2D eigenvalue weighted by Gasteiger charge is -2.16. The molecule has 1 N–H and O–H groups in total. The quantitative estimate of drug-likeness (QED) is 0.140. The van der Waals surface area contributed by atoms with Crippen LogP contribution in [0.5, 0.6) is 5.75 Å². The highest BCUT2D eigenvalue weighted by atomic mass is 35.5. The summed E-state index contributed by atoms with van der Waals surface area (Å²) in [4.78, 5) is 30.4. The topological polar surface area (TPSA) is 115 Å². The Kier molecular flexibility index (Phi) is 7.32. The number of rotatable bonds is 9. The normalized spacial score (nSPS) is 12.9. The van der Waals surface area contributed by atoms with Crippen LogP contribution in [-0.2, 0) is 17.9 Å². The Morgan fingerprint density at radius 2 is 1.76 bits per heavy atom. The van der Waals surface area contributed by atoms with Gasteiger partial charge in [-0.1, -0.05) is 28.4 Å². The molecule has 3 aromatic carbocycles. The van der Waals surface area contributed by atoms with Crippen LogP contribution >= 0.6 is 23.2 Å². The molecule has 0 atom stereocenters. The molecular formula is C29H21Cl2N7O3. The zero-order valence-corrected chi connectivity index (χ0v) is 22.9. The van der Waals surface area contributed by atoms with Crippen LogP contribution in [0.1, 0.15) is 21.6 Å². The fourth-order valence-corrected chi connectivity index (χ4v) is 4.75. The highest BCUT2D eigenvalue weighted by Crippen LogP contribution is 2.31. The van der Waals surface area contributed by atoms with Gasteiger partial charge < -0.3 is 9.64 Å². The molecule has 0 saturated carbocycles. The van der Waals surface area contributed by atoms with Crippen LogP contribution in [0.3, 0.4) is 0 Å². The number of halogens is 2. The second kappa shape index (κ2) is 11.4. The summed E-state index contributed by atoms with van der Waals surface area (Å²) in [5.41, 5.74) is 7.04. The van der Waals surface area contributed by atoms with Crippen molar-refractivity contribution in [2.75, 3.05) is 16.9 Å². The molecule has 12 heteroatoms. The Morgan fingerprint density at radius 3 is 2.61 bits per heavy atom. The Hall–Kier alpha value is -4.80. The Morgan fingerprint density at radius 1 is 0.951 bits per heavy atom. The van der Waals surface area contributed by atoms with Gasteiger partial charge in [0, 0.05) is 28.2 Å². The van der Waals surface area contributed by atoms with Gasteiger partial charge in [-0.25, -0.2) is 0 Å². The van der Waals surface area contributed by atoms with E-state index in [0.29, 0.717) is 39.3 Å². The average Bonchev–Trinajstić information content (AvgIpc) is 3.53. The molecule has 1 aliphatic rings. The van der Waals surface area contributed by atoms with Crippen molar-refractivity contribution in [2.45, 2.75) is 13.2 Å². The first-order valence-corrected chi connectivity index (χ1v) is 13.3. The van der Waals surface area contributed by atoms with Gasteiger partial charge in [0.05, 0.1) is 41.4 Å². The predicted molar refractivity (Wildman–Crippen MR) is 157 cm³/mol. The summed E-state index contributed by atoms with van der Waals surface area (Å²) in [5.74, 6) is -0.471. The van der Waals surface area contributed by atoms with Gasteiger partial charge in [0.15, 0.2) is 0 Å². The molecule has 0 spiro atoms. The van der Waals surface area contributed by atoms with E-state index in [1.807, 2.05) is 42.5 Å². The van der Waals surface area contributed by atoms with E-state index in [1.165, 1.54) is 11.0 Å². The fourth-order valence-electron chi connectivity index (χ4n) is 4.41. The maximum atomic E-state index is 12.4. The minimum Gasteiger partial charge on any atom is -0.487 e. The molecule has 0 fully saturated rings.